The fourth-order valence-electron chi connectivity index (χ4n) is 2.20. The monoisotopic (exact) mass is 360 g/mol. The Labute approximate surface area is 147 Å². The van der Waals surface area contributed by atoms with Crippen molar-refractivity contribution in [2.45, 2.75) is 17.8 Å². The molecule has 0 saturated heterocycles. The maximum atomic E-state index is 11.6. The van der Waals surface area contributed by atoms with Crippen molar-refractivity contribution in [2.75, 3.05) is 13.0 Å². The van der Waals surface area contributed by atoms with E-state index in [0.717, 1.165) is 16.2 Å². The van der Waals surface area contributed by atoms with E-state index in [1.807, 2.05) is 23.6 Å². The van der Waals surface area contributed by atoms with E-state index in [9.17, 15) is 4.79 Å². The zero-order chi connectivity index (χ0) is 17.1. The Balaban J connectivity index is 1.81. The maximum absolute atomic E-state index is 11.6. The SMILES string of the molecule is COc1ccc(C(C)=O)cc1CSc1nnc(-c2cccs2)n1N. The number of hydrogen-bond donors (Lipinski definition) is 1. The minimum atomic E-state index is 0.0193. The van der Waals surface area contributed by atoms with Crippen LogP contribution in [0.1, 0.15) is 22.8 Å². The first-order chi connectivity index (χ1) is 11.6. The summed E-state index contributed by atoms with van der Waals surface area (Å²) in [7, 11) is 1.61. The fraction of sp³-hybridized carbons (Fsp3) is 0.188. The molecule has 0 amide bonds. The molecule has 3 aromatic rings. The molecule has 0 bridgehead atoms. The molecule has 0 unspecified atom stereocenters. The second-order valence-electron chi connectivity index (χ2n) is 5.02. The number of thioether (sulfide) groups is 1. The van der Waals surface area contributed by atoms with Gasteiger partial charge in [0.15, 0.2) is 11.6 Å². The highest BCUT2D eigenvalue weighted by Crippen LogP contribution is 2.30. The van der Waals surface area contributed by atoms with Crippen LogP contribution in [-0.4, -0.2) is 27.8 Å². The van der Waals surface area contributed by atoms with E-state index < -0.39 is 0 Å². The Bertz CT molecular complexity index is 859. The van der Waals surface area contributed by atoms with Gasteiger partial charge >= 0.3 is 0 Å². The molecule has 0 atom stereocenters. The van der Waals surface area contributed by atoms with E-state index in [-0.39, 0.29) is 5.78 Å². The number of nitrogen functional groups attached to an aromatic ring is 1. The number of carbonyl (C=O) groups is 1. The summed E-state index contributed by atoms with van der Waals surface area (Å²) in [5, 5.41) is 10.9. The van der Waals surface area contributed by atoms with Crippen LogP contribution >= 0.6 is 23.1 Å². The van der Waals surface area contributed by atoms with Crippen LogP contribution in [0.15, 0.2) is 40.9 Å². The van der Waals surface area contributed by atoms with Crippen molar-refractivity contribution in [3.8, 4) is 16.5 Å². The third-order valence-corrected chi connectivity index (χ3v) is 5.31. The molecule has 0 aliphatic rings. The molecular weight excluding hydrogens is 344 g/mol. The molecule has 2 aromatic heterocycles. The molecule has 2 heterocycles. The van der Waals surface area contributed by atoms with Gasteiger partial charge < -0.3 is 10.6 Å². The quantitative estimate of drug-likeness (QED) is 0.413. The number of rotatable bonds is 6. The third-order valence-electron chi connectivity index (χ3n) is 3.45. The minimum absolute atomic E-state index is 0.0193. The van der Waals surface area contributed by atoms with Gasteiger partial charge in [0.2, 0.25) is 5.16 Å². The van der Waals surface area contributed by atoms with Crippen LogP contribution in [0, 0.1) is 0 Å². The number of carbonyl (C=O) groups excluding carboxylic acids is 1. The molecule has 0 spiro atoms. The van der Waals surface area contributed by atoms with Crippen LogP contribution in [0.5, 0.6) is 5.75 Å². The van der Waals surface area contributed by atoms with Crippen LogP contribution in [0.3, 0.4) is 0 Å². The fourth-order valence-corrected chi connectivity index (χ4v) is 3.74. The zero-order valence-electron chi connectivity index (χ0n) is 13.2. The van der Waals surface area contributed by atoms with Gasteiger partial charge in [-0.1, -0.05) is 17.8 Å². The summed E-state index contributed by atoms with van der Waals surface area (Å²) in [5.74, 6) is 8.06. The van der Waals surface area contributed by atoms with Gasteiger partial charge in [-0.25, -0.2) is 4.68 Å². The highest BCUT2D eigenvalue weighted by atomic mass is 32.2. The number of Topliss-reactive ketones (excluding diaryl/α,β-unsaturated/α-hetero) is 1. The van der Waals surface area contributed by atoms with E-state index in [4.69, 9.17) is 10.6 Å². The van der Waals surface area contributed by atoms with Crippen molar-refractivity contribution < 1.29 is 9.53 Å². The molecular formula is C16H16N4O2S2. The Morgan fingerprint density at radius 1 is 1.38 bits per heavy atom. The summed E-state index contributed by atoms with van der Waals surface area (Å²) in [5.41, 5.74) is 1.57. The predicted octanol–water partition coefficient (Wildman–Crippen LogP) is 3.22. The van der Waals surface area contributed by atoms with Crippen molar-refractivity contribution in [1.82, 2.24) is 14.9 Å². The summed E-state index contributed by atoms with van der Waals surface area (Å²) in [6, 6.07) is 9.30. The lowest BCUT2D eigenvalue weighted by atomic mass is 10.1. The zero-order valence-corrected chi connectivity index (χ0v) is 14.9. The van der Waals surface area contributed by atoms with Gasteiger partial charge in [-0.05, 0) is 36.6 Å². The summed E-state index contributed by atoms with van der Waals surface area (Å²) in [4.78, 5) is 12.5. The predicted molar refractivity (Wildman–Crippen MR) is 96.0 cm³/mol. The van der Waals surface area contributed by atoms with Gasteiger partial charge in [0.05, 0.1) is 12.0 Å². The number of methoxy groups -OCH3 is 1. The van der Waals surface area contributed by atoms with Crippen molar-refractivity contribution in [3.05, 3.63) is 46.8 Å². The van der Waals surface area contributed by atoms with Crippen LogP contribution in [0.4, 0.5) is 0 Å². The van der Waals surface area contributed by atoms with Crippen molar-refractivity contribution in [3.63, 3.8) is 0 Å². The first-order valence-electron chi connectivity index (χ1n) is 7.15. The highest BCUT2D eigenvalue weighted by Gasteiger charge is 2.14. The Morgan fingerprint density at radius 2 is 2.21 bits per heavy atom. The number of nitrogens with two attached hydrogens (primary N) is 1. The first-order valence-corrected chi connectivity index (χ1v) is 9.01. The molecule has 8 heteroatoms. The Kier molecular flexibility index (Phi) is 4.86. The van der Waals surface area contributed by atoms with Gasteiger partial charge in [0, 0.05) is 16.9 Å². The minimum Gasteiger partial charge on any atom is -0.496 e. The first kappa shape index (κ1) is 16.5. The van der Waals surface area contributed by atoms with E-state index in [0.29, 0.717) is 22.3 Å². The number of ether oxygens (including phenoxy) is 1. The third kappa shape index (κ3) is 3.29. The van der Waals surface area contributed by atoms with Gasteiger partial charge in [-0.3, -0.25) is 4.79 Å². The summed E-state index contributed by atoms with van der Waals surface area (Å²) in [6.07, 6.45) is 0. The van der Waals surface area contributed by atoms with Crippen LogP contribution < -0.4 is 10.6 Å². The van der Waals surface area contributed by atoms with E-state index in [2.05, 4.69) is 10.2 Å². The number of nitrogens with zero attached hydrogens (tertiary/aromatic N) is 3. The summed E-state index contributed by atoms with van der Waals surface area (Å²) >= 11 is 3.01. The normalized spacial score (nSPS) is 10.8. The lowest BCUT2D eigenvalue weighted by Crippen LogP contribution is -2.11. The van der Waals surface area contributed by atoms with Crippen LogP contribution in [-0.2, 0) is 5.75 Å². The Hall–Kier alpha value is -2.32. The van der Waals surface area contributed by atoms with E-state index in [1.165, 1.54) is 16.4 Å². The molecule has 0 saturated carbocycles. The van der Waals surface area contributed by atoms with E-state index >= 15 is 0 Å². The van der Waals surface area contributed by atoms with Gasteiger partial charge in [-0.2, -0.15) is 0 Å². The van der Waals surface area contributed by atoms with Crippen LogP contribution in [0.25, 0.3) is 10.7 Å². The second-order valence-corrected chi connectivity index (χ2v) is 6.92. The van der Waals surface area contributed by atoms with Crippen LogP contribution in [0.2, 0.25) is 0 Å². The molecule has 24 heavy (non-hydrogen) atoms. The largest absolute Gasteiger partial charge is 0.496 e. The van der Waals surface area contributed by atoms with Gasteiger partial charge in [0.1, 0.15) is 5.75 Å². The van der Waals surface area contributed by atoms with Crippen molar-refractivity contribution in [2.24, 2.45) is 0 Å². The number of benzene rings is 1. The average molecular weight is 360 g/mol. The number of hydrogen-bond acceptors (Lipinski definition) is 7. The molecule has 0 aliphatic carbocycles. The number of ketones is 1. The molecule has 124 valence electrons. The molecule has 0 aliphatic heterocycles. The maximum Gasteiger partial charge on any atom is 0.210 e. The molecule has 1 aromatic carbocycles. The smallest absolute Gasteiger partial charge is 0.210 e. The molecule has 0 fully saturated rings. The van der Waals surface area contributed by atoms with E-state index in [1.54, 1.807) is 37.5 Å². The summed E-state index contributed by atoms with van der Waals surface area (Å²) in [6.45, 7) is 1.54. The van der Waals surface area contributed by atoms with Crippen molar-refractivity contribution >= 4 is 28.9 Å². The molecule has 3 rings (SSSR count). The van der Waals surface area contributed by atoms with Gasteiger partial charge in [0.25, 0.3) is 0 Å². The number of aromatic nitrogens is 3. The molecule has 6 nitrogen and oxygen atoms in total. The number of thiophene rings is 1. The lowest BCUT2D eigenvalue weighted by molar-refractivity contribution is 0.101. The standard InChI is InChI=1S/C16H16N4O2S2/c1-10(21)11-5-6-13(22-2)12(8-11)9-24-16-19-18-15(20(16)17)14-4-3-7-23-14/h3-8H,9,17H2,1-2H3. The second kappa shape index (κ2) is 7.06. The Morgan fingerprint density at radius 3 is 2.88 bits per heavy atom. The molecule has 0 radical (unpaired) electrons. The summed E-state index contributed by atoms with van der Waals surface area (Å²) < 4.78 is 6.85. The van der Waals surface area contributed by atoms with Gasteiger partial charge in [-0.15, -0.1) is 21.5 Å². The molecule has 2 N–H and O–H groups in total. The topological polar surface area (TPSA) is 83.0 Å². The highest BCUT2D eigenvalue weighted by molar-refractivity contribution is 7.98. The average Bonchev–Trinajstić information content (AvgIpc) is 3.22. The lowest BCUT2D eigenvalue weighted by Gasteiger charge is -2.09. The van der Waals surface area contributed by atoms with Crippen molar-refractivity contribution in [1.29, 1.82) is 0 Å².